The number of hydrogen-bond donors (Lipinski definition) is 3. The van der Waals surface area contributed by atoms with Crippen molar-refractivity contribution in [3.63, 3.8) is 0 Å². The number of halogens is 3. The number of hydrogen-bond acceptors (Lipinski definition) is 7. The SMILES string of the molecule is Nc1nccn2c([C@H]3CC[C@H]4C[C@@H](O)C(=O)N4C3)nc(-c3ccc(C(=O)Nc4cc(C(F)(F)F)ccn4)cc3)c12. The van der Waals surface area contributed by atoms with E-state index in [1.165, 1.54) is 12.1 Å². The zero-order valence-electron chi connectivity index (χ0n) is 21.0. The van der Waals surface area contributed by atoms with E-state index >= 15 is 0 Å². The summed E-state index contributed by atoms with van der Waals surface area (Å²) >= 11 is 0. The van der Waals surface area contributed by atoms with Crippen LogP contribution in [0.2, 0.25) is 0 Å². The Balaban J connectivity index is 1.28. The van der Waals surface area contributed by atoms with E-state index < -0.39 is 23.8 Å². The molecule has 4 N–H and O–H groups in total. The number of amides is 2. The minimum absolute atomic E-state index is 0.0287. The van der Waals surface area contributed by atoms with Crippen LogP contribution in [0.1, 0.15) is 46.9 Å². The summed E-state index contributed by atoms with van der Waals surface area (Å²) in [5, 5.41) is 12.4. The van der Waals surface area contributed by atoms with Crippen molar-refractivity contribution in [2.24, 2.45) is 0 Å². The van der Waals surface area contributed by atoms with Gasteiger partial charge in [0.1, 0.15) is 34.8 Å². The molecule has 2 amide bonds. The van der Waals surface area contributed by atoms with E-state index in [9.17, 15) is 27.9 Å². The van der Waals surface area contributed by atoms with Gasteiger partial charge in [0.05, 0.1) is 5.56 Å². The Morgan fingerprint density at radius 1 is 1.10 bits per heavy atom. The molecule has 1 aromatic carbocycles. The van der Waals surface area contributed by atoms with Crippen molar-refractivity contribution in [2.75, 3.05) is 17.6 Å². The van der Waals surface area contributed by atoms with E-state index in [1.54, 1.807) is 29.4 Å². The maximum Gasteiger partial charge on any atom is 0.416 e. The standard InChI is InChI=1S/C27H24F3N7O3/c28-27(29,30)17-7-8-32-20(11-17)34-25(39)15-3-1-14(2-4-15)21-22-23(31)33-9-10-36(22)24(35-21)16-5-6-18-12-19(38)26(40)37(18)13-16/h1-4,7-11,16,18-19,38H,5-6,12-13H2,(H2,31,33)(H,32,34,39)/t16-,18-,19+/m0/s1. The third-order valence-electron chi connectivity index (χ3n) is 7.49. The molecule has 2 aliphatic heterocycles. The molecule has 0 spiro atoms. The highest BCUT2D eigenvalue weighted by Gasteiger charge is 2.43. The summed E-state index contributed by atoms with van der Waals surface area (Å²) in [7, 11) is 0. The molecule has 3 atom stereocenters. The van der Waals surface area contributed by atoms with Gasteiger partial charge < -0.3 is 21.1 Å². The number of carbonyl (C=O) groups is 2. The van der Waals surface area contributed by atoms with Crippen LogP contribution in [-0.4, -0.2) is 59.9 Å². The molecule has 5 heterocycles. The Morgan fingerprint density at radius 3 is 2.62 bits per heavy atom. The number of aromatic nitrogens is 4. The number of anilines is 2. The third-order valence-corrected chi connectivity index (χ3v) is 7.49. The van der Waals surface area contributed by atoms with Crippen molar-refractivity contribution in [1.82, 2.24) is 24.3 Å². The summed E-state index contributed by atoms with van der Waals surface area (Å²) in [6.45, 7) is 0.435. The van der Waals surface area contributed by atoms with Crippen LogP contribution in [0, 0.1) is 0 Å². The molecular formula is C27H24F3N7O3. The van der Waals surface area contributed by atoms with Crippen molar-refractivity contribution in [1.29, 1.82) is 0 Å². The summed E-state index contributed by atoms with van der Waals surface area (Å²) < 4.78 is 40.8. The Bertz CT molecular complexity index is 1620. The maximum absolute atomic E-state index is 13.0. The number of alkyl halides is 3. The van der Waals surface area contributed by atoms with Crippen LogP contribution in [0.5, 0.6) is 0 Å². The molecule has 40 heavy (non-hydrogen) atoms. The molecule has 0 radical (unpaired) electrons. The Hall–Kier alpha value is -4.52. The predicted octanol–water partition coefficient (Wildman–Crippen LogP) is 3.48. The van der Waals surface area contributed by atoms with E-state index in [0.717, 1.165) is 31.2 Å². The van der Waals surface area contributed by atoms with Crippen molar-refractivity contribution in [3.8, 4) is 11.3 Å². The number of nitrogens with two attached hydrogens (primary N) is 1. The second-order valence-electron chi connectivity index (χ2n) is 9.98. The van der Waals surface area contributed by atoms with Gasteiger partial charge in [-0.3, -0.25) is 14.0 Å². The number of piperidine rings is 1. The number of imidazole rings is 1. The molecule has 13 heteroatoms. The van der Waals surface area contributed by atoms with Crippen LogP contribution < -0.4 is 11.1 Å². The van der Waals surface area contributed by atoms with Crippen molar-refractivity contribution >= 4 is 29.0 Å². The lowest BCUT2D eigenvalue weighted by Crippen LogP contribution is -2.42. The van der Waals surface area contributed by atoms with Crippen LogP contribution >= 0.6 is 0 Å². The summed E-state index contributed by atoms with van der Waals surface area (Å²) in [6.07, 6.45) is 0.772. The summed E-state index contributed by atoms with van der Waals surface area (Å²) in [5.74, 6) is -0.209. The van der Waals surface area contributed by atoms with Crippen LogP contribution in [0.3, 0.4) is 0 Å². The van der Waals surface area contributed by atoms with Gasteiger partial charge in [0.2, 0.25) is 0 Å². The number of benzene rings is 1. The van der Waals surface area contributed by atoms with E-state index in [0.29, 0.717) is 35.6 Å². The Labute approximate surface area is 225 Å². The summed E-state index contributed by atoms with van der Waals surface area (Å²) in [6, 6.07) is 8.03. The quantitative estimate of drug-likeness (QED) is 0.353. The average Bonchev–Trinajstić information content (AvgIpc) is 3.46. The summed E-state index contributed by atoms with van der Waals surface area (Å²) in [4.78, 5) is 39.8. The fourth-order valence-corrected chi connectivity index (χ4v) is 5.52. The zero-order chi connectivity index (χ0) is 28.2. The number of nitrogen functional groups attached to an aromatic ring is 1. The highest BCUT2D eigenvalue weighted by molar-refractivity contribution is 6.04. The molecule has 3 aromatic heterocycles. The molecule has 0 unspecified atom stereocenters. The molecule has 206 valence electrons. The molecular weight excluding hydrogens is 527 g/mol. The maximum atomic E-state index is 13.0. The van der Waals surface area contributed by atoms with E-state index in [2.05, 4.69) is 15.3 Å². The highest BCUT2D eigenvalue weighted by Crippen LogP contribution is 2.38. The van der Waals surface area contributed by atoms with E-state index in [-0.39, 0.29) is 35.1 Å². The van der Waals surface area contributed by atoms with Gasteiger partial charge in [-0.05, 0) is 37.1 Å². The van der Waals surface area contributed by atoms with E-state index in [4.69, 9.17) is 10.7 Å². The molecule has 2 aliphatic rings. The molecule has 4 aromatic rings. The monoisotopic (exact) mass is 551 g/mol. The van der Waals surface area contributed by atoms with Gasteiger partial charge in [0.25, 0.3) is 11.8 Å². The van der Waals surface area contributed by atoms with Crippen LogP contribution in [0.15, 0.2) is 55.0 Å². The lowest BCUT2D eigenvalue weighted by molar-refractivity contribution is -0.137. The lowest BCUT2D eigenvalue weighted by atomic mass is 9.92. The number of pyridine rings is 1. The van der Waals surface area contributed by atoms with Gasteiger partial charge in [-0.15, -0.1) is 0 Å². The second-order valence-corrected chi connectivity index (χ2v) is 9.98. The lowest BCUT2D eigenvalue weighted by Gasteiger charge is -2.34. The number of carbonyl (C=O) groups excluding carboxylic acids is 2. The smallest absolute Gasteiger partial charge is 0.383 e. The third kappa shape index (κ3) is 4.51. The zero-order valence-corrected chi connectivity index (χ0v) is 21.0. The average molecular weight is 552 g/mol. The van der Waals surface area contributed by atoms with Gasteiger partial charge in [-0.25, -0.2) is 15.0 Å². The van der Waals surface area contributed by atoms with Crippen molar-refractivity contribution in [3.05, 3.63) is 71.9 Å². The summed E-state index contributed by atoms with van der Waals surface area (Å²) in [5.41, 5.74) is 7.32. The molecule has 2 fully saturated rings. The first-order valence-corrected chi connectivity index (χ1v) is 12.7. The minimum atomic E-state index is -4.56. The van der Waals surface area contributed by atoms with Crippen LogP contribution in [-0.2, 0) is 11.0 Å². The largest absolute Gasteiger partial charge is 0.416 e. The normalized spacial score (nSPS) is 21.1. The highest BCUT2D eigenvalue weighted by atomic mass is 19.4. The van der Waals surface area contributed by atoms with Crippen molar-refractivity contribution in [2.45, 2.75) is 43.5 Å². The number of aliphatic hydroxyl groups excluding tert-OH is 1. The molecule has 0 bridgehead atoms. The van der Waals surface area contributed by atoms with Crippen LogP contribution in [0.25, 0.3) is 16.8 Å². The molecule has 0 aliphatic carbocycles. The Kier molecular flexibility index (Phi) is 6.17. The topological polar surface area (TPSA) is 139 Å². The number of aliphatic hydroxyl groups is 1. The Morgan fingerprint density at radius 2 is 1.88 bits per heavy atom. The molecule has 2 saturated heterocycles. The van der Waals surface area contributed by atoms with Gasteiger partial charge in [0, 0.05) is 54.6 Å². The molecule has 10 nitrogen and oxygen atoms in total. The predicted molar refractivity (Wildman–Crippen MR) is 138 cm³/mol. The number of nitrogens with one attached hydrogen (secondary N) is 1. The number of nitrogens with zero attached hydrogens (tertiary/aromatic N) is 5. The molecule has 6 rings (SSSR count). The first-order chi connectivity index (χ1) is 19.1. The van der Waals surface area contributed by atoms with Crippen LogP contribution in [0.4, 0.5) is 24.8 Å². The van der Waals surface area contributed by atoms with Gasteiger partial charge >= 0.3 is 6.18 Å². The van der Waals surface area contributed by atoms with Gasteiger partial charge in [0.15, 0.2) is 0 Å². The van der Waals surface area contributed by atoms with Crippen molar-refractivity contribution < 1.29 is 27.9 Å². The van der Waals surface area contributed by atoms with Gasteiger partial charge in [-0.2, -0.15) is 13.2 Å². The second kappa shape index (κ2) is 9.59. The fraction of sp³-hybridized carbons (Fsp3) is 0.296. The van der Waals surface area contributed by atoms with Gasteiger partial charge in [-0.1, -0.05) is 12.1 Å². The van der Waals surface area contributed by atoms with E-state index in [1.807, 2.05) is 4.40 Å². The first-order valence-electron chi connectivity index (χ1n) is 12.7. The fourth-order valence-electron chi connectivity index (χ4n) is 5.52. The number of rotatable bonds is 4. The molecule has 0 saturated carbocycles. The minimum Gasteiger partial charge on any atom is -0.383 e. The first kappa shape index (κ1) is 25.7. The number of fused-ring (bicyclic) bond motifs is 2.